The molecular weight excluding hydrogens is 326 g/mol. The molecule has 0 fully saturated rings. The molecule has 5 heteroatoms. The SMILES string of the molecule is CCOc1ccc(CNCC(O)c2ccccc2)cc1OCC.Cl. The Morgan fingerprint density at radius 3 is 2.29 bits per heavy atom. The van der Waals surface area contributed by atoms with Gasteiger partial charge >= 0.3 is 0 Å². The number of ether oxygens (including phenoxy) is 2. The van der Waals surface area contributed by atoms with Crippen LogP contribution in [0, 0.1) is 0 Å². The van der Waals surface area contributed by atoms with Crippen LogP contribution in [-0.2, 0) is 6.54 Å². The van der Waals surface area contributed by atoms with Gasteiger partial charge in [-0.15, -0.1) is 12.4 Å². The fourth-order valence-electron chi connectivity index (χ4n) is 2.35. The number of halogens is 1. The van der Waals surface area contributed by atoms with Crippen molar-refractivity contribution >= 4 is 12.4 Å². The molecule has 0 bridgehead atoms. The molecule has 4 nitrogen and oxygen atoms in total. The predicted molar refractivity (Wildman–Crippen MR) is 99.1 cm³/mol. The van der Waals surface area contributed by atoms with Gasteiger partial charge in [0.05, 0.1) is 19.3 Å². The van der Waals surface area contributed by atoms with Crippen LogP contribution in [0.15, 0.2) is 48.5 Å². The number of rotatable bonds is 9. The Balaban J connectivity index is 0.00000288. The van der Waals surface area contributed by atoms with Crippen molar-refractivity contribution in [3.63, 3.8) is 0 Å². The quantitative estimate of drug-likeness (QED) is 0.722. The van der Waals surface area contributed by atoms with Crippen LogP contribution < -0.4 is 14.8 Å². The van der Waals surface area contributed by atoms with Crippen LogP contribution >= 0.6 is 12.4 Å². The lowest BCUT2D eigenvalue weighted by molar-refractivity contribution is 0.174. The number of nitrogens with one attached hydrogen (secondary N) is 1. The molecule has 0 aliphatic carbocycles. The minimum atomic E-state index is -0.509. The predicted octanol–water partition coefficient (Wildman–Crippen LogP) is 3.73. The maximum absolute atomic E-state index is 10.1. The normalized spacial score (nSPS) is 11.5. The summed E-state index contributed by atoms with van der Waals surface area (Å²) < 4.78 is 11.2. The van der Waals surface area contributed by atoms with E-state index in [0.29, 0.717) is 26.3 Å². The number of aliphatic hydroxyl groups excluding tert-OH is 1. The number of aliphatic hydroxyl groups is 1. The van der Waals surface area contributed by atoms with Crippen LogP contribution in [0.2, 0.25) is 0 Å². The third-order valence-corrected chi connectivity index (χ3v) is 3.46. The molecule has 0 spiro atoms. The van der Waals surface area contributed by atoms with E-state index in [9.17, 15) is 5.11 Å². The second kappa shape index (κ2) is 10.9. The summed E-state index contributed by atoms with van der Waals surface area (Å²) in [4.78, 5) is 0. The van der Waals surface area contributed by atoms with Gasteiger partial charge < -0.3 is 19.9 Å². The zero-order valence-electron chi connectivity index (χ0n) is 14.2. The fourth-order valence-corrected chi connectivity index (χ4v) is 2.35. The van der Waals surface area contributed by atoms with Crippen molar-refractivity contribution < 1.29 is 14.6 Å². The van der Waals surface area contributed by atoms with Crippen molar-refractivity contribution in [1.82, 2.24) is 5.32 Å². The van der Waals surface area contributed by atoms with Crippen LogP contribution in [0.4, 0.5) is 0 Å². The van der Waals surface area contributed by atoms with Gasteiger partial charge in [-0.3, -0.25) is 0 Å². The number of hydrogen-bond donors (Lipinski definition) is 2. The first-order valence-corrected chi connectivity index (χ1v) is 8.06. The lowest BCUT2D eigenvalue weighted by Crippen LogP contribution is -2.21. The Morgan fingerprint density at radius 1 is 0.958 bits per heavy atom. The summed E-state index contributed by atoms with van der Waals surface area (Å²) in [5.74, 6) is 1.53. The average Bonchev–Trinajstić information content (AvgIpc) is 2.58. The molecule has 0 aliphatic heterocycles. The van der Waals surface area contributed by atoms with Crippen molar-refractivity contribution in [1.29, 1.82) is 0 Å². The summed E-state index contributed by atoms with van der Waals surface area (Å²) in [6.07, 6.45) is -0.509. The summed E-state index contributed by atoms with van der Waals surface area (Å²) in [7, 11) is 0. The summed E-state index contributed by atoms with van der Waals surface area (Å²) in [6.45, 7) is 6.29. The van der Waals surface area contributed by atoms with Crippen molar-refractivity contribution in [3.05, 3.63) is 59.7 Å². The summed E-state index contributed by atoms with van der Waals surface area (Å²) in [5.41, 5.74) is 2.01. The fraction of sp³-hybridized carbons (Fsp3) is 0.368. The van der Waals surface area contributed by atoms with Gasteiger partial charge in [-0.1, -0.05) is 36.4 Å². The van der Waals surface area contributed by atoms with Crippen LogP contribution in [0.1, 0.15) is 31.1 Å². The van der Waals surface area contributed by atoms with E-state index in [1.807, 2.05) is 62.4 Å². The van der Waals surface area contributed by atoms with E-state index >= 15 is 0 Å². The summed E-state index contributed by atoms with van der Waals surface area (Å²) in [5, 5.41) is 13.4. The maximum atomic E-state index is 10.1. The minimum absolute atomic E-state index is 0. The standard InChI is InChI=1S/C19H25NO3.ClH/c1-3-22-18-11-10-15(12-19(18)23-4-2)13-20-14-17(21)16-8-6-5-7-9-16;/h5-12,17,20-21H,3-4,13-14H2,1-2H3;1H. The lowest BCUT2D eigenvalue weighted by atomic mass is 10.1. The van der Waals surface area contributed by atoms with Gasteiger partial charge in [0, 0.05) is 13.1 Å². The maximum Gasteiger partial charge on any atom is 0.161 e. The molecule has 0 aliphatic rings. The topological polar surface area (TPSA) is 50.7 Å². The average molecular weight is 352 g/mol. The van der Waals surface area contributed by atoms with Crippen molar-refractivity contribution in [2.45, 2.75) is 26.5 Å². The van der Waals surface area contributed by atoms with Gasteiger partial charge in [0.2, 0.25) is 0 Å². The van der Waals surface area contributed by atoms with E-state index in [0.717, 1.165) is 22.6 Å². The van der Waals surface area contributed by atoms with Crippen LogP contribution in [-0.4, -0.2) is 24.9 Å². The molecule has 132 valence electrons. The Morgan fingerprint density at radius 2 is 1.62 bits per heavy atom. The van der Waals surface area contributed by atoms with Crippen molar-refractivity contribution in [2.24, 2.45) is 0 Å². The molecule has 0 heterocycles. The van der Waals surface area contributed by atoms with Gasteiger partial charge in [0.25, 0.3) is 0 Å². The lowest BCUT2D eigenvalue weighted by Gasteiger charge is -2.14. The highest BCUT2D eigenvalue weighted by atomic mass is 35.5. The first-order valence-electron chi connectivity index (χ1n) is 8.06. The van der Waals surface area contributed by atoms with E-state index < -0.39 is 6.10 Å². The molecule has 2 aromatic rings. The molecule has 0 radical (unpaired) electrons. The zero-order chi connectivity index (χ0) is 16.5. The second-order valence-electron chi connectivity index (χ2n) is 5.20. The first kappa shape index (κ1) is 20.3. The molecular formula is C19H26ClNO3. The van der Waals surface area contributed by atoms with Gasteiger partial charge in [-0.05, 0) is 37.1 Å². The van der Waals surface area contributed by atoms with Crippen LogP contribution in [0.25, 0.3) is 0 Å². The third-order valence-electron chi connectivity index (χ3n) is 3.46. The molecule has 2 rings (SSSR count). The molecule has 0 amide bonds. The van der Waals surface area contributed by atoms with E-state index in [1.54, 1.807) is 0 Å². The Hall–Kier alpha value is -1.75. The summed E-state index contributed by atoms with van der Waals surface area (Å²) in [6, 6.07) is 15.6. The van der Waals surface area contributed by atoms with E-state index in [-0.39, 0.29) is 12.4 Å². The number of hydrogen-bond acceptors (Lipinski definition) is 4. The minimum Gasteiger partial charge on any atom is -0.490 e. The molecule has 0 saturated carbocycles. The van der Waals surface area contributed by atoms with Gasteiger partial charge in [0.1, 0.15) is 0 Å². The highest BCUT2D eigenvalue weighted by Crippen LogP contribution is 2.28. The smallest absolute Gasteiger partial charge is 0.161 e. The highest BCUT2D eigenvalue weighted by molar-refractivity contribution is 5.85. The Kier molecular flexibility index (Phi) is 9.23. The second-order valence-corrected chi connectivity index (χ2v) is 5.20. The molecule has 1 atom stereocenters. The van der Waals surface area contributed by atoms with Gasteiger partial charge in [-0.25, -0.2) is 0 Å². The molecule has 2 N–H and O–H groups in total. The largest absolute Gasteiger partial charge is 0.490 e. The van der Waals surface area contributed by atoms with E-state index in [2.05, 4.69) is 5.32 Å². The Labute approximate surface area is 150 Å². The first-order chi connectivity index (χ1) is 11.2. The van der Waals surface area contributed by atoms with E-state index in [1.165, 1.54) is 0 Å². The third kappa shape index (κ3) is 6.04. The molecule has 0 aromatic heterocycles. The molecule has 1 unspecified atom stereocenters. The summed E-state index contributed by atoms with van der Waals surface area (Å²) >= 11 is 0. The molecule has 24 heavy (non-hydrogen) atoms. The zero-order valence-corrected chi connectivity index (χ0v) is 15.0. The van der Waals surface area contributed by atoms with Crippen LogP contribution in [0.5, 0.6) is 11.5 Å². The van der Waals surface area contributed by atoms with Gasteiger partial charge in [-0.2, -0.15) is 0 Å². The van der Waals surface area contributed by atoms with Crippen molar-refractivity contribution in [2.75, 3.05) is 19.8 Å². The molecule has 0 saturated heterocycles. The van der Waals surface area contributed by atoms with Crippen LogP contribution in [0.3, 0.4) is 0 Å². The Bertz CT molecular complexity index is 592. The van der Waals surface area contributed by atoms with E-state index in [4.69, 9.17) is 9.47 Å². The van der Waals surface area contributed by atoms with Crippen molar-refractivity contribution in [3.8, 4) is 11.5 Å². The monoisotopic (exact) mass is 351 g/mol. The molecule has 2 aromatic carbocycles. The number of benzene rings is 2. The van der Waals surface area contributed by atoms with Gasteiger partial charge in [0.15, 0.2) is 11.5 Å². The highest BCUT2D eigenvalue weighted by Gasteiger charge is 2.08.